The fourth-order valence-corrected chi connectivity index (χ4v) is 0.708. The zero-order valence-electron chi connectivity index (χ0n) is 5.34. The van der Waals surface area contributed by atoms with E-state index >= 15 is 0 Å². The normalized spacial score (nSPS) is 9.80. The molecule has 1 heterocycles. The minimum Gasteiger partial charge on any atom is -0.309 e. The average molecular weight is 154 g/mol. The molecule has 0 aromatic carbocycles. The molecule has 50 valence electrons. The summed E-state index contributed by atoms with van der Waals surface area (Å²) in [7, 11) is 6.82. The van der Waals surface area contributed by atoms with Crippen LogP contribution >= 0.6 is 11.6 Å². The predicted octanol–water partition coefficient (Wildman–Crippen LogP) is -0.773. The summed E-state index contributed by atoms with van der Waals surface area (Å²) in [6.45, 7) is 0. The maximum atomic E-state index is 10.8. The van der Waals surface area contributed by atoms with Crippen molar-refractivity contribution in [3.63, 3.8) is 0 Å². The van der Waals surface area contributed by atoms with Crippen LogP contribution in [-0.4, -0.2) is 17.4 Å². The zero-order valence-corrected chi connectivity index (χ0v) is 6.09. The van der Waals surface area contributed by atoms with Crippen LogP contribution in [0.3, 0.4) is 0 Å². The quantitative estimate of drug-likeness (QED) is 0.363. The van der Waals surface area contributed by atoms with Crippen molar-refractivity contribution in [2.75, 3.05) is 0 Å². The van der Waals surface area contributed by atoms with Gasteiger partial charge in [-0.3, -0.25) is 4.79 Å². The Kier molecular flexibility index (Phi) is 1.81. The second-order valence-electron chi connectivity index (χ2n) is 1.83. The molecule has 2 radical (unpaired) electrons. The highest BCUT2D eigenvalue weighted by Gasteiger charge is 1.96. The maximum absolute atomic E-state index is 10.8. The predicted molar refractivity (Wildman–Crippen MR) is 39.9 cm³/mol. The summed E-state index contributed by atoms with van der Waals surface area (Å²) in [6, 6.07) is 1.21. The second kappa shape index (κ2) is 2.46. The molecule has 0 unspecified atom stereocenters. The Morgan fingerprint density at radius 3 is 2.90 bits per heavy atom. The monoisotopic (exact) mass is 154 g/mol. The Hall–Kier alpha value is -0.765. The molecule has 0 aliphatic carbocycles. The number of hydrogen-bond donors (Lipinski definition) is 0. The van der Waals surface area contributed by atoms with Gasteiger partial charge in [0.25, 0.3) is 5.56 Å². The third kappa shape index (κ3) is 1.21. The molecule has 0 saturated heterocycles. The molecular weight excluding hydrogens is 150 g/mol. The lowest BCUT2D eigenvalue weighted by molar-refractivity contribution is 0.863. The summed E-state index contributed by atoms with van der Waals surface area (Å²) in [4.78, 5) is 14.5. The van der Waals surface area contributed by atoms with Gasteiger partial charge in [0.2, 0.25) is 0 Å². The number of nitrogens with zero attached hydrogens (tertiary/aromatic N) is 2. The van der Waals surface area contributed by atoms with Crippen molar-refractivity contribution in [3.8, 4) is 0 Å². The zero-order chi connectivity index (χ0) is 7.72. The highest BCUT2D eigenvalue weighted by Crippen LogP contribution is 1.93. The van der Waals surface area contributed by atoms with Gasteiger partial charge >= 0.3 is 0 Å². The third-order valence-electron chi connectivity index (χ3n) is 1.14. The number of rotatable bonds is 0. The van der Waals surface area contributed by atoms with Crippen molar-refractivity contribution in [3.05, 3.63) is 21.6 Å². The summed E-state index contributed by atoms with van der Waals surface area (Å²) < 4.78 is 1.21. The molecule has 0 N–H and O–H groups in total. The van der Waals surface area contributed by atoms with E-state index in [9.17, 15) is 4.79 Å². The van der Waals surface area contributed by atoms with Crippen molar-refractivity contribution in [1.82, 2.24) is 9.55 Å². The van der Waals surface area contributed by atoms with Crippen LogP contribution in [0.5, 0.6) is 0 Å². The minimum absolute atomic E-state index is 0.123. The first-order valence-electron chi connectivity index (χ1n) is 2.60. The van der Waals surface area contributed by atoms with Crippen molar-refractivity contribution in [2.45, 2.75) is 0 Å². The second-order valence-corrected chi connectivity index (χ2v) is 2.22. The molecule has 10 heavy (non-hydrogen) atoms. The Morgan fingerprint density at radius 2 is 2.40 bits per heavy atom. The summed E-state index contributed by atoms with van der Waals surface area (Å²) >= 11 is 5.42. The lowest BCUT2D eigenvalue weighted by atomic mass is 10.1. The van der Waals surface area contributed by atoms with Gasteiger partial charge < -0.3 is 4.57 Å². The van der Waals surface area contributed by atoms with Crippen molar-refractivity contribution in [2.24, 2.45) is 7.05 Å². The molecule has 0 amide bonds. The lowest BCUT2D eigenvalue weighted by Crippen LogP contribution is -2.32. The SMILES string of the molecule is [B]c1nc(Cl)cc(=O)n1C. The molecule has 0 bridgehead atoms. The summed E-state index contributed by atoms with van der Waals surface area (Å²) in [5.41, 5.74) is -0.130. The van der Waals surface area contributed by atoms with Crippen LogP contribution in [-0.2, 0) is 7.05 Å². The summed E-state index contributed by atoms with van der Waals surface area (Å²) in [5, 5.41) is 0.126. The molecule has 5 heteroatoms. The molecule has 1 aromatic rings. The van der Waals surface area contributed by atoms with Crippen LogP contribution in [0.1, 0.15) is 0 Å². The van der Waals surface area contributed by atoms with Crippen LogP contribution in [0.25, 0.3) is 0 Å². The van der Waals surface area contributed by atoms with Crippen molar-refractivity contribution < 1.29 is 0 Å². The minimum atomic E-state index is -0.252. The van der Waals surface area contributed by atoms with Gasteiger partial charge in [-0.1, -0.05) is 11.6 Å². The first kappa shape index (κ1) is 7.34. The van der Waals surface area contributed by atoms with Gasteiger partial charge in [-0.05, 0) is 0 Å². The van der Waals surface area contributed by atoms with Gasteiger partial charge in [0.1, 0.15) is 5.15 Å². The van der Waals surface area contributed by atoms with E-state index in [1.807, 2.05) is 0 Å². The van der Waals surface area contributed by atoms with E-state index in [1.54, 1.807) is 0 Å². The first-order chi connectivity index (χ1) is 4.61. The summed E-state index contributed by atoms with van der Waals surface area (Å²) in [5.74, 6) is 0. The van der Waals surface area contributed by atoms with Gasteiger partial charge in [0.15, 0.2) is 7.85 Å². The topological polar surface area (TPSA) is 34.9 Å². The number of halogens is 1. The maximum Gasteiger partial charge on any atom is 0.254 e. The highest BCUT2D eigenvalue weighted by molar-refractivity contribution is 6.32. The molecule has 1 rings (SSSR count). The smallest absolute Gasteiger partial charge is 0.254 e. The van der Waals surface area contributed by atoms with Gasteiger partial charge in [0.05, 0.1) is 5.72 Å². The largest absolute Gasteiger partial charge is 0.309 e. The van der Waals surface area contributed by atoms with E-state index in [1.165, 1.54) is 17.7 Å². The van der Waals surface area contributed by atoms with Crippen LogP contribution in [0.15, 0.2) is 10.9 Å². The van der Waals surface area contributed by atoms with E-state index in [0.29, 0.717) is 0 Å². The van der Waals surface area contributed by atoms with E-state index in [4.69, 9.17) is 19.4 Å². The average Bonchev–Trinajstić information content (AvgIpc) is 1.82. The van der Waals surface area contributed by atoms with E-state index < -0.39 is 0 Å². The van der Waals surface area contributed by atoms with E-state index in [0.717, 1.165) is 0 Å². The van der Waals surface area contributed by atoms with Crippen molar-refractivity contribution >= 4 is 25.2 Å². The van der Waals surface area contributed by atoms with Gasteiger partial charge in [0, 0.05) is 13.1 Å². The number of aromatic nitrogens is 2. The van der Waals surface area contributed by atoms with Crippen LogP contribution in [0.2, 0.25) is 5.15 Å². The molecule has 0 aliphatic heterocycles. The van der Waals surface area contributed by atoms with E-state index in [2.05, 4.69) is 4.98 Å². The molecule has 1 aromatic heterocycles. The highest BCUT2D eigenvalue weighted by atomic mass is 35.5. The third-order valence-corrected chi connectivity index (χ3v) is 1.33. The Labute approximate surface area is 64.1 Å². The Morgan fingerprint density at radius 1 is 1.80 bits per heavy atom. The van der Waals surface area contributed by atoms with Gasteiger partial charge in [-0.15, -0.1) is 0 Å². The molecular formula is C5H4BClN2O. The van der Waals surface area contributed by atoms with Gasteiger partial charge in [-0.25, -0.2) is 4.98 Å². The number of hydrogen-bond acceptors (Lipinski definition) is 2. The van der Waals surface area contributed by atoms with Crippen molar-refractivity contribution in [1.29, 1.82) is 0 Å². The molecule has 0 atom stereocenters. The Bertz CT molecular complexity index is 309. The van der Waals surface area contributed by atoms with Gasteiger partial charge in [-0.2, -0.15) is 0 Å². The molecule has 0 saturated carbocycles. The molecule has 0 aliphatic rings. The lowest BCUT2D eigenvalue weighted by Gasteiger charge is -2.00. The van der Waals surface area contributed by atoms with Crippen LogP contribution in [0.4, 0.5) is 0 Å². The van der Waals surface area contributed by atoms with E-state index in [-0.39, 0.29) is 16.4 Å². The van der Waals surface area contributed by atoms with Crippen LogP contribution in [0, 0.1) is 0 Å². The summed E-state index contributed by atoms with van der Waals surface area (Å²) in [6.07, 6.45) is 0. The fourth-order valence-electron chi connectivity index (χ4n) is 0.528. The Balaban J connectivity index is 3.46. The molecule has 0 spiro atoms. The fraction of sp³-hybridized carbons (Fsp3) is 0.200. The standard InChI is InChI=1S/C5H4BClN2O/c1-9-4(10)2-3(7)8-5(9)6/h2H,1H3. The molecule has 0 fully saturated rings. The molecule has 3 nitrogen and oxygen atoms in total. The first-order valence-corrected chi connectivity index (χ1v) is 2.98. The van der Waals surface area contributed by atoms with Crippen LogP contribution < -0.4 is 11.3 Å².